The van der Waals surface area contributed by atoms with E-state index in [1.54, 1.807) is 6.07 Å². The molecule has 48 valence electrons. The fourth-order valence-electron chi connectivity index (χ4n) is 0.270. The van der Waals surface area contributed by atoms with Gasteiger partial charge in [0.15, 0.2) is 0 Å². The van der Waals surface area contributed by atoms with Crippen LogP contribution in [0.15, 0.2) is 0 Å². The fourth-order valence-corrected chi connectivity index (χ4v) is 0.811. The molecule has 0 aliphatic rings. The number of nitrogens with zero attached hydrogens (tertiary/aromatic N) is 1. The Kier molecular flexibility index (Phi) is 3.53. The van der Waals surface area contributed by atoms with Crippen LogP contribution in [0.3, 0.4) is 0 Å². The molecule has 1 atom stereocenters. The molecule has 0 aromatic heterocycles. The minimum atomic E-state index is -3.18. The van der Waals surface area contributed by atoms with Crippen molar-refractivity contribution in [2.45, 2.75) is 0 Å². The molecule has 0 bridgehead atoms. The van der Waals surface area contributed by atoms with E-state index in [-0.39, 0.29) is 12.8 Å². The summed E-state index contributed by atoms with van der Waals surface area (Å²) in [6.45, 7) is 9.62. The normalized spacial score (nSPS) is 16.1. The SMILES string of the molecule is [CH]COP([CH])(=O)CC#N. The molecule has 1 unspecified atom stereocenters. The van der Waals surface area contributed by atoms with Crippen molar-refractivity contribution in [3.63, 3.8) is 0 Å². The highest BCUT2D eigenvalue weighted by atomic mass is 31.2. The second-order valence-corrected chi connectivity index (χ2v) is 3.36. The summed E-state index contributed by atoms with van der Waals surface area (Å²) >= 11 is 0. The largest absolute Gasteiger partial charge is 0.327 e. The van der Waals surface area contributed by atoms with E-state index in [4.69, 9.17) is 18.9 Å². The highest BCUT2D eigenvalue weighted by Crippen LogP contribution is 2.43. The molecule has 0 fully saturated rings. The first kappa shape index (κ1) is 8.68. The molecule has 0 aliphatic carbocycles. The van der Waals surface area contributed by atoms with Crippen molar-refractivity contribution in [2.24, 2.45) is 0 Å². The van der Waals surface area contributed by atoms with Crippen LogP contribution in [-0.4, -0.2) is 12.8 Å². The van der Waals surface area contributed by atoms with Crippen LogP contribution in [0.25, 0.3) is 0 Å². The van der Waals surface area contributed by atoms with Crippen molar-refractivity contribution in [3.05, 3.63) is 13.6 Å². The van der Waals surface area contributed by atoms with Gasteiger partial charge < -0.3 is 4.52 Å². The van der Waals surface area contributed by atoms with Gasteiger partial charge in [0.25, 0.3) is 0 Å². The van der Waals surface area contributed by atoms with E-state index < -0.39 is 7.37 Å². The maximum absolute atomic E-state index is 10.7. The summed E-state index contributed by atoms with van der Waals surface area (Å²) in [6, 6.07) is 1.62. The maximum atomic E-state index is 10.7. The molecule has 0 saturated carbocycles. The Morgan fingerprint density at radius 3 is 2.67 bits per heavy atom. The molecule has 0 aliphatic heterocycles. The number of rotatable bonds is 3. The van der Waals surface area contributed by atoms with Gasteiger partial charge in [-0.25, -0.2) is 0 Å². The molecule has 0 spiro atoms. The molecular formula is C5H6NO2P. The molecule has 4 radical (unpaired) electrons. The third kappa shape index (κ3) is 4.20. The van der Waals surface area contributed by atoms with E-state index in [1.807, 2.05) is 0 Å². The summed E-state index contributed by atoms with van der Waals surface area (Å²) in [5.74, 6) is 0. The molecule has 0 rings (SSSR count). The summed E-state index contributed by atoms with van der Waals surface area (Å²) in [6.07, 6.45) is -0.288. The van der Waals surface area contributed by atoms with Crippen LogP contribution in [-0.2, 0) is 9.09 Å². The summed E-state index contributed by atoms with van der Waals surface area (Å²) in [5, 5.41) is 8.01. The highest BCUT2D eigenvalue weighted by Gasteiger charge is 2.13. The molecule has 0 aromatic carbocycles. The zero-order valence-electron chi connectivity index (χ0n) is 4.78. The monoisotopic (exact) mass is 143 g/mol. The van der Waals surface area contributed by atoms with E-state index in [1.165, 1.54) is 0 Å². The van der Waals surface area contributed by atoms with Gasteiger partial charge in [-0.05, 0) is 6.92 Å². The van der Waals surface area contributed by atoms with E-state index in [0.717, 1.165) is 0 Å². The van der Waals surface area contributed by atoms with Crippen LogP contribution in [0.4, 0.5) is 0 Å². The number of hydrogen-bond donors (Lipinski definition) is 0. The predicted molar refractivity (Wildman–Crippen MR) is 32.6 cm³/mol. The average molecular weight is 143 g/mol. The van der Waals surface area contributed by atoms with Crippen molar-refractivity contribution in [1.29, 1.82) is 5.26 Å². The first-order valence-corrected chi connectivity index (χ1v) is 4.09. The molecule has 0 N–H and O–H groups in total. The van der Waals surface area contributed by atoms with E-state index in [9.17, 15) is 4.57 Å². The molecule has 0 saturated heterocycles. The molecule has 0 aromatic rings. The predicted octanol–water partition coefficient (Wildman–Crippen LogP) is 1.18. The van der Waals surface area contributed by atoms with Gasteiger partial charge in [-0.3, -0.25) is 4.57 Å². The molecule has 9 heavy (non-hydrogen) atoms. The van der Waals surface area contributed by atoms with Crippen molar-refractivity contribution >= 4 is 7.37 Å². The van der Waals surface area contributed by atoms with Gasteiger partial charge in [0, 0.05) is 0 Å². The van der Waals surface area contributed by atoms with Gasteiger partial charge in [0.2, 0.25) is 7.37 Å². The van der Waals surface area contributed by atoms with Crippen molar-refractivity contribution in [1.82, 2.24) is 0 Å². The summed E-state index contributed by atoms with van der Waals surface area (Å²) < 4.78 is 15.0. The minimum absolute atomic E-state index is 0.213. The zero-order valence-corrected chi connectivity index (χ0v) is 5.67. The van der Waals surface area contributed by atoms with Gasteiger partial charge in [-0.15, -0.1) is 0 Å². The second-order valence-electron chi connectivity index (χ2n) is 1.34. The topological polar surface area (TPSA) is 50.1 Å². The molecule has 0 heterocycles. The smallest absolute Gasteiger partial charge is 0.221 e. The van der Waals surface area contributed by atoms with E-state index in [0.29, 0.717) is 0 Å². The Labute approximate surface area is 55.1 Å². The van der Waals surface area contributed by atoms with Crippen LogP contribution in [0.5, 0.6) is 0 Å². The van der Waals surface area contributed by atoms with Gasteiger partial charge >= 0.3 is 0 Å². The van der Waals surface area contributed by atoms with Crippen LogP contribution < -0.4 is 0 Å². The minimum Gasteiger partial charge on any atom is -0.327 e. The Bertz CT molecular complexity index is 161. The second kappa shape index (κ2) is 3.66. The summed E-state index contributed by atoms with van der Waals surface area (Å²) in [4.78, 5) is 0. The van der Waals surface area contributed by atoms with E-state index in [2.05, 4.69) is 4.52 Å². The quantitative estimate of drug-likeness (QED) is 0.557. The lowest BCUT2D eigenvalue weighted by molar-refractivity contribution is 0.360. The zero-order chi connectivity index (χ0) is 7.33. The summed E-state index contributed by atoms with van der Waals surface area (Å²) in [5.41, 5.74) is 0. The summed E-state index contributed by atoms with van der Waals surface area (Å²) in [7, 11) is -3.18. The van der Waals surface area contributed by atoms with Crippen LogP contribution in [0, 0.1) is 24.9 Å². The Morgan fingerprint density at radius 1 is 1.78 bits per heavy atom. The third-order valence-electron chi connectivity index (χ3n) is 0.584. The van der Waals surface area contributed by atoms with Gasteiger partial charge in [-0.1, -0.05) is 0 Å². The lowest BCUT2D eigenvalue weighted by Crippen LogP contribution is -1.88. The number of hydrogen-bond acceptors (Lipinski definition) is 3. The van der Waals surface area contributed by atoms with Gasteiger partial charge in [0.05, 0.1) is 19.3 Å². The molecular weight excluding hydrogens is 137 g/mol. The van der Waals surface area contributed by atoms with Crippen LogP contribution in [0.2, 0.25) is 0 Å². The fraction of sp³-hybridized carbons (Fsp3) is 0.400. The van der Waals surface area contributed by atoms with Crippen LogP contribution >= 0.6 is 7.37 Å². The number of nitriles is 1. The van der Waals surface area contributed by atoms with Crippen molar-refractivity contribution in [2.75, 3.05) is 12.8 Å². The van der Waals surface area contributed by atoms with Gasteiger partial charge in [0.1, 0.15) is 6.16 Å². The Hall–Kier alpha value is -0.320. The van der Waals surface area contributed by atoms with Crippen molar-refractivity contribution < 1.29 is 9.09 Å². The molecule has 4 heteroatoms. The Balaban J connectivity index is 3.75. The lowest BCUT2D eigenvalue weighted by Gasteiger charge is -2.05. The lowest BCUT2D eigenvalue weighted by atomic mass is 10.9. The van der Waals surface area contributed by atoms with Gasteiger partial charge in [-0.2, -0.15) is 5.26 Å². The molecule has 3 nitrogen and oxygen atoms in total. The standard InChI is InChI=1S/C5H6NO2P/c1-3-8-9(2,7)5-4-6/h1-2H,3,5H2. The first-order valence-electron chi connectivity index (χ1n) is 2.21. The Morgan fingerprint density at radius 2 is 2.33 bits per heavy atom. The molecule has 0 amide bonds. The maximum Gasteiger partial charge on any atom is 0.221 e. The van der Waals surface area contributed by atoms with Crippen molar-refractivity contribution in [3.8, 4) is 6.07 Å². The first-order chi connectivity index (χ1) is 4.12. The van der Waals surface area contributed by atoms with Crippen LogP contribution in [0.1, 0.15) is 0 Å². The average Bonchev–Trinajstić information content (AvgIpc) is 1.64. The van der Waals surface area contributed by atoms with E-state index >= 15 is 0 Å². The third-order valence-corrected chi connectivity index (χ3v) is 1.75. The highest BCUT2D eigenvalue weighted by molar-refractivity contribution is 7.60.